The van der Waals surface area contributed by atoms with Crippen molar-refractivity contribution in [2.24, 2.45) is 5.92 Å². The summed E-state index contributed by atoms with van der Waals surface area (Å²) in [4.78, 5) is 28.5. The van der Waals surface area contributed by atoms with E-state index in [1.54, 1.807) is 11.8 Å². The number of carbonyl (C=O) groups excluding carboxylic acids is 2. The normalized spacial score (nSPS) is 19.0. The minimum Gasteiger partial charge on any atom is -0.467 e. The summed E-state index contributed by atoms with van der Waals surface area (Å²) < 4.78 is 11.3. The summed E-state index contributed by atoms with van der Waals surface area (Å²) in [5, 5.41) is 2.95. The Morgan fingerprint density at radius 3 is 2.66 bits per heavy atom. The molecule has 0 aromatic heterocycles. The van der Waals surface area contributed by atoms with Crippen molar-refractivity contribution >= 4 is 35.4 Å². The number of amides is 1. The zero-order valence-corrected chi connectivity index (χ0v) is 26.5. The van der Waals surface area contributed by atoms with Gasteiger partial charge in [-0.3, -0.25) is 9.69 Å². The number of esters is 1. The van der Waals surface area contributed by atoms with Gasteiger partial charge >= 0.3 is 5.97 Å². The van der Waals surface area contributed by atoms with Crippen molar-refractivity contribution in [1.82, 2.24) is 10.2 Å². The Balaban J connectivity index is 1.52. The van der Waals surface area contributed by atoms with E-state index >= 15 is 0 Å². The van der Waals surface area contributed by atoms with Gasteiger partial charge in [0.2, 0.25) is 0 Å². The van der Waals surface area contributed by atoms with Crippen LogP contribution in [0.4, 0.5) is 0 Å². The number of hydrogen-bond donors (Lipinski definition) is 1. The Bertz CT molecular complexity index is 1140. The van der Waals surface area contributed by atoms with Gasteiger partial charge in [-0.1, -0.05) is 49.6 Å². The molecule has 0 spiro atoms. The van der Waals surface area contributed by atoms with Crippen LogP contribution in [0.5, 0.6) is 0 Å². The lowest BCUT2D eigenvalue weighted by atomic mass is 9.90. The SMILES string of the molecule is COC(=O)C(CCSC)NC(=O)c1ccc(CN2CCSCC2COCC2CCCCC2)cc1-c1ccccc1C. The van der Waals surface area contributed by atoms with Crippen LogP contribution in [0, 0.1) is 12.8 Å². The Morgan fingerprint density at radius 2 is 1.90 bits per heavy atom. The zero-order chi connectivity index (χ0) is 29.0. The number of methoxy groups -OCH3 is 1. The first-order chi connectivity index (χ1) is 20.0. The van der Waals surface area contributed by atoms with Crippen LogP contribution in [0.1, 0.15) is 60.0 Å². The molecule has 0 bridgehead atoms. The number of hydrogen-bond acceptors (Lipinski definition) is 7. The summed E-state index contributed by atoms with van der Waals surface area (Å²) in [6.07, 6.45) is 9.19. The molecule has 1 N–H and O–H groups in total. The lowest BCUT2D eigenvalue weighted by Crippen LogP contribution is -2.44. The molecule has 2 fully saturated rings. The molecule has 2 atom stereocenters. The lowest BCUT2D eigenvalue weighted by Gasteiger charge is -2.35. The fraction of sp³-hybridized carbons (Fsp3) is 0.576. The molecule has 2 aliphatic rings. The maximum absolute atomic E-state index is 13.6. The van der Waals surface area contributed by atoms with Crippen LogP contribution in [0.25, 0.3) is 11.1 Å². The van der Waals surface area contributed by atoms with Gasteiger partial charge in [0.25, 0.3) is 5.91 Å². The van der Waals surface area contributed by atoms with E-state index in [9.17, 15) is 9.59 Å². The van der Waals surface area contributed by atoms with E-state index in [1.807, 2.05) is 36.2 Å². The molecule has 1 saturated carbocycles. The molecule has 2 aromatic rings. The number of benzene rings is 2. The van der Waals surface area contributed by atoms with Gasteiger partial charge in [-0.2, -0.15) is 23.5 Å². The van der Waals surface area contributed by atoms with Crippen molar-refractivity contribution in [2.45, 2.75) is 64.1 Å². The predicted octanol–water partition coefficient (Wildman–Crippen LogP) is 6.20. The fourth-order valence-electron chi connectivity index (χ4n) is 5.86. The highest BCUT2D eigenvalue weighted by atomic mass is 32.2. The summed E-state index contributed by atoms with van der Waals surface area (Å²) in [6, 6.07) is 14.0. The maximum atomic E-state index is 13.6. The first-order valence-corrected chi connectivity index (χ1v) is 17.5. The van der Waals surface area contributed by atoms with E-state index in [2.05, 4.69) is 41.4 Å². The molecule has 8 heteroatoms. The summed E-state index contributed by atoms with van der Waals surface area (Å²) in [5.41, 5.74) is 4.77. The summed E-state index contributed by atoms with van der Waals surface area (Å²) in [6.45, 7) is 5.58. The highest BCUT2D eigenvalue weighted by Crippen LogP contribution is 2.30. The Kier molecular flexibility index (Phi) is 12.9. The van der Waals surface area contributed by atoms with Crippen molar-refractivity contribution in [3.8, 4) is 11.1 Å². The molecule has 4 rings (SSSR count). The minimum atomic E-state index is -0.676. The van der Waals surface area contributed by atoms with Crippen LogP contribution < -0.4 is 5.32 Å². The lowest BCUT2D eigenvalue weighted by molar-refractivity contribution is -0.142. The second-order valence-electron chi connectivity index (χ2n) is 11.3. The van der Waals surface area contributed by atoms with Gasteiger partial charge in [0, 0.05) is 42.8 Å². The molecule has 224 valence electrons. The highest BCUT2D eigenvalue weighted by molar-refractivity contribution is 7.99. The van der Waals surface area contributed by atoms with Crippen LogP contribution in [0.2, 0.25) is 0 Å². The molecule has 1 heterocycles. The first-order valence-electron chi connectivity index (χ1n) is 15.0. The molecular formula is C33H46N2O4S2. The van der Waals surface area contributed by atoms with E-state index in [1.165, 1.54) is 44.8 Å². The summed E-state index contributed by atoms with van der Waals surface area (Å²) in [5.74, 6) is 3.01. The smallest absolute Gasteiger partial charge is 0.328 e. The molecule has 1 aliphatic heterocycles. The van der Waals surface area contributed by atoms with Gasteiger partial charge in [-0.25, -0.2) is 4.79 Å². The van der Waals surface area contributed by atoms with E-state index in [4.69, 9.17) is 9.47 Å². The van der Waals surface area contributed by atoms with E-state index < -0.39 is 12.0 Å². The van der Waals surface area contributed by atoms with Gasteiger partial charge in [0.1, 0.15) is 6.04 Å². The fourth-order valence-corrected chi connectivity index (χ4v) is 7.44. The second kappa shape index (κ2) is 16.6. The number of nitrogens with one attached hydrogen (secondary N) is 1. The van der Waals surface area contributed by atoms with Crippen LogP contribution in [0.3, 0.4) is 0 Å². The maximum Gasteiger partial charge on any atom is 0.328 e. The van der Waals surface area contributed by atoms with Crippen molar-refractivity contribution in [1.29, 1.82) is 0 Å². The van der Waals surface area contributed by atoms with Crippen molar-refractivity contribution < 1.29 is 19.1 Å². The van der Waals surface area contributed by atoms with Gasteiger partial charge in [0.15, 0.2) is 0 Å². The van der Waals surface area contributed by atoms with Crippen molar-refractivity contribution in [3.05, 3.63) is 59.2 Å². The largest absolute Gasteiger partial charge is 0.467 e. The Hall–Kier alpha value is -2.00. The third kappa shape index (κ3) is 9.24. The monoisotopic (exact) mass is 598 g/mol. The average molecular weight is 599 g/mol. The molecule has 41 heavy (non-hydrogen) atoms. The van der Waals surface area contributed by atoms with Crippen LogP contribution in [-0.2, 0) is 20.8 Å². The molecule has 0 radical (unpaired) electrons. The molecule has 1 amide bonds. The quantitative estimate of drug-likeness (QED) is 0.275. The van der Waals surface area contributed by atoms with Crippen molar-refractivity contribution in [3.63, 3.8) is 0 Å². The second-order valence-corrected chi connectivity index (χ2v) is 13.4. The van der Waals surface area contributed by atoms with Gasteiger partial charge in [0.05, 0.1) is 13.7 Å². The molecule has 2 unspecified atom stereocenters. The average Bonchev–Trinajstić information content (AvgIpc) is 3.00. The highest BCUT2D eigenvalue weighted by Gasteiger charge is 2.26. The minimum absolute atomic E-state index is 0.255. The van der Waals surface area contributed by atoms with Crippen LogP contribution in [0.15, 0.2) is 42.5 Å². The van der Waals surface area contributed by atoms with Gasteiger partial charge < -0.3 is 14.8 Å². The number of carbonyl (C=O) groups is 2. The number of aryl methyl sites for hydroxylation is 1. The molecule has 2 aromatic carbocycles. The van der Waals surface area contributed by atoms with E-state index in [0.717, 1.165) is 66.2 Å². The summed E-state index contributed by atoms with van der Waals surface area (Å²) >= 11 is 3.65. The summed E-state index contributed by atoms with van der Waals surface area (Å²) in [7, 11) is 1.36. The van der Waals surface area contributed by atoms with Crippen molar-refractivity contribution in [2.75, 3.05) is 50.4 Å². The Morgan fingerprint density at radius 1 is 1.10 bits per heavy atom. The molecule has 6 nitrogen and oxygen atoms in total. The first kappa shape index (κ1) is 31.9. The zero-order valence-electron chi connectivity index (χ0n) is 24.9. The number of rotatable bonds is 13. The van der Waals surface area contributed by atoms with Gasteiger partial charge in [-0.15, -0.1) is 0 Å². The van der Waals surface area contributed by atoms with E-state index in [0.29, 0.717) is 18.0 Å². The molecule has 1 saturated heterocycles. The molecule has 1 aliphatic carbocycles. The number of thioether (sulfide) groups is 2. The number of nitrogens with zero attached hydrogens (tertiary/aromatic N) is 1. The predicted molar refractivity (Wildman–Crippen MR) is 172 cm³/mol. The topological polar surface area (TPSA) is 67.9 Å². The van der Waals surface area contributed by atoms with Crippen LogP contribution >= 0.6 is 23.5 Å². The molecular weight excluding hydrogens is 553 g/mol. The van der Waals surface area contributed by atoms with Crippen LogP contribution in [-0.4, -0.2) is 79.2 Å². The third-order valence-electron chi connectivity index (χ3n) is 8.29. The van der Waals surface area contributed by atoms with Gasteiger partial charge in [-0.05, 0) is 78.5 Å². The standard InChI is InChI=1S/C33H46N2O4S2/c1-24-9-7-8-12-28(24)30-19-26(13-14-29(30)32(36)34-31(15-17-40-3)33(37)38-2)20-35-16-18-41-23-27(35)22-39-21-25-10-5-4-6-11-25/h7-9,12-14,19,25,27,31H,4-6,10-11,15-18,20-23H2,1-3H3,(H,34,36). The third-order valence-corrected chi connectivity index (χ3v) is 10.0. The Labute approximate surface area is 254 Å². The van der Waals surface area contributed by atoms with E-state index in [-0.39, 0.29) is 5.91 Å². The number of ether oxygens (including phenoxy) is 2.